The van der Waals surface area contributed by atoms with Gasteiger partial charge >= 0.3 is 0 Å². The third-order valence-electron chi connectivity index (χ3n) is 3.83. The number of aromatic hydroxyl groups is 1. The number of fused-ring (bicyclic) bond motifs is 1. The van der Waals surface area contributed by atoms with Crippen molar-refractivity contribution < 1.29 is 5.11 Å². The van der Waals surface area contributed by atoms with Gasteiger partial charge in [0, 0.05) is 12.6 Å². The number of phenolic OH excluding ortho intramolecular Hbond substituents is 1. The van der Waals surface area contributed by atoms with Gasteiger partial charge in [0.1, 0.15) is 5.75 Å². The van der Waals surface area contributed by atoms with Crippen LogP contribution in [0.3, 0.4) is 0 Å². The summed E-state index contributed by atoms with van der Waals surface area (Å²) in [7, 11) is 0. The molecule has 1 aliphatic heterocycles. The van der Waals surface area contributed by atoms with Crippen molar-refractivity contribution in [2.45, 2.75) is 37.6 Å². The average Bonchev–Trinajstić information content (AvgIpc) is 2.31. The topological polar surface area (TPSA) is 44.3 Å². The predicted molar refractivity (Wildman–Crippen MR) is 66.0 cm³/mol. The molecule has 1 spiro atoms. The van der Waals surface area contributed by atoms with Crippen molar-refractivity contribution >= 4 is 11.4 Å². The molecule has 3 rings (SSSR count). The third-order valence-corrected chi connectivity index (χ3v) is 3.83. The molecule has 3 N–H and O–H groups in total. The normalized spacial score (nSPS) is 22.0. The summed E-state index contributed by atoms with van der Waals surface area (Å²) in [6.07, 6.45) is 6.51. The molecule has 3 heteroatoms. The van der Waals surface area contributed by atoms with E-state index in [0.29, 0.717) is 5.75 Å². The molecule has 1 heterocycles. The van der Waals surface area contributed by atoms with Crippen LogP contribution in [-0.4, -0.2) is 17.2 Å². The van der Waals surface area contributed by atoms with E-state index in [1.54, 1.807) is 12.1 Å². The molecule has 1 aromatic rings. The van der Waals surface area contributed by atoms with Crippen LogP contribution in [0.15, 0.2) is 18.2 Å². The first-order chi connectivity index (χ1) is 7.77. The van der Waals surface area contributed by atoms with Gasteiger partial charge in [-0.15, -0.1) is 0 Å². The molecule has 1 aliphatic carbocycles. The van der Waals surface area contributed by atoms with Crippen LogP contribution in [0, 0.1) is 0 Å². The lowest BCUT2D eigenvalue weighted by molar-refractivity contribution is 0.334. The van der Waals surface area contributed by atoms with Crippen LogP contribution >= 0.6 is 0 Å². The molecule has 0 saturated heterocycles. The predicted octanol–water partition coefficient (Wildman–Crippen LogP) is 2.93. The van der Waals surface area contributed by atoms with Gasteiger partial charge in [-0.2, -0.15) is 0 Å². The number of rotatable bonds is 0. The zero-order valence-electron chi connectivity index (χ0n) is 9.42. The van der Waals surface area contributed by atoms with Crippen molar-refractivity contribution in [2.24, 2.45) is 0 Å². The van der Waals surface area contributed by atoms with E-state index in [0.717, 1.165) is 17.9 Å². The van der Waals surface area contributed by atoms with Gasteiger partial charge in [0.2, 0.25) is 0 Å². The maximum absolute atomic E-state index is 9.42. The summed E-state index contributed by atoms with van der Waals surface area (Å²) in [5.74, 6) is 0.327. The van der Waals surface area contributed by atoms with E-state index in [2.05, 4.69) is 10.6 Å². The second-order valence-corrected chi connectivity index (χ2v) is 5.05. The lowest BCUT2D eigenvalue weighted by atomic mass is 9.80. The highest BCUT2D eigenvalue weighted by molar-refractivity contribution is 5.73. The minimum absolute atomic E-state index is 0.252. The SMILES string of the molecule is Oc1ccc2c(c1)NCC1(CCCCC1)N2. The molecule has 1 aromatic carbocycles. The second kappa shape index (κ2) is 3.58. The lowest BCUT2D eigenvalue weighted by Crippen LogP contribution is -2.49. The summed E-state index contributed by atoms with van der Waals surface area (Å²) in [4.78, 5) is 0. The van der Waals surface area contributed by atoms with E-state index in [1.807, 2.05) is 6.07 Å². The highest BCUT2D eigenvalue weighted by Gasteiger charge is 2.34. The smallest absolute Gasteiger partial charge is 0.117 e. The maximum atomic E-state index is 9.42. The van der Waals surface area contributed by atoms with E-state index in [-0.39, 0.29) is 5.54 Å². The molecule has 1 saturated carbocycles. The number of nitrogens with one attached hydrogen (secondary N) is 2. The second-order valence-electron chi connectivity index (χ2n) is 5.05. The van der Waals surface area contributed by atoms with Crippen molar-refractivity contribution in [3.8, 4) is 5.75 Å². The number of benzene rings is 1. The van der Waals surface area contributed by atoms with Gasteiger partial charge in [-0.1, -0.05) is 19.3 Å². The molecule has 0 bridgehead atoms. The molecular weight excluding hydrogens is 200 g/mol. The van der Waals surface area contributed by atoms with Gasteiger partial charge in [0.25, 0.3) is 0 Å². The van der Waals surface area contributed by atoms with Gasteiger partial charge < -0.3 is 15.7 Å². The number of hydrogen-bond acceptors (Lipinski definition) is 3. The Balaban J connectivity index is 1.88. The third kappa shape index (κ3) is 1.60. The zero-order valence-corrected chi connectivity index (χ0v) is 9.42. The summed E-state index contributed by atoms with van der Waals surface area (Å²) in [5, 5.41) is 16.5. The Morgan fingerprint density at radius 2 is 1.88 bits per heavy atom. The fraction of sp³-hybridized carbons (Fsp3) is 0.538. The summed E-state index contributed by atoms with van der Waals surface area (Å²) < 4.78 is 0. The van der Waals surface area contributed by atoms with Crippen LogP contribution in [0.4, 0.5) is 11.4 Å². The van der Waals surface area contributed by atoms with Crippen molar-refractivity contribution in [3.05, 3.63) is 18.2 Å². The first-order valence-electron chi connectivity index (χ1n) is 6.13. The molecule has 0 amide bonds. The van der Waals surface area contributed by atoms with E-state index in [4.69, 9.17) is 0 Å². The summed E-state index contributed by atoms with van der Waals surface area (Å²) in [5.41, 5.74) is 2.41. The summed E-state index contributed by atoms with van der Waals surface area (Å²) in [6, 6.07) is 5.50. The van der Waals surface area contributed by atoms with Crippen molar-refractivity contribution in [3.63, 3.8) is 0 Å². The average molecular weight is 218 g/mol. The van der Waals surface area contributed by atoms with Crippen LogP contribution in [0.1, 0.15) is 32.1 Å². The summed E-state index contributed by atoms with van der Waals surface area (Å²) in [6.45, 7) is 0.976. The minimum atomic E-state index is 0.252. The van der Waals surface area contributed by atoms with Gasteiger partial charge in [-0.25, -0.2) is 0 Å². The molecule has 0 unspecified atom stereocenters. The summed E-state index contributed by atoms with van der Waals surface area (Å²) >= 11 is 0. The van der Waals surface area contributed by atoms with Crippen LogP contribution in [0.2, 0.25) is 0 Å². The van der Waals surface area contributed by atoms with E-state index >= 15 is 0 Å². The zero-order chi connectivity index (χ0) is 11.0. The van der Waals surface area contributed by atoms with Crippen molar-refractivity contribution in [1.82, 2.24) is 0 Å². The standard InChI is InChI=1S/C13H18N2O/c16-10-4-5-11-12(8-10)14-9-13(15-11)6-2-1-3-7-13/h4-5,8,14-16H,1-3,6-7,9H2. The molecule has 0 aromatic heterocycles. The van der Waals surface area contributed by atoms with Crippen molar-refractivity contribution in [1.29, 1.82) is 0 Å². The molecule has 3 nitrogen and oxygen atoms in total. The fourth-order valence-electron chi connectivity index (χ4n) is 2.91. The molecule has 0 atom stereocenters. The van der Waals surface area contributed by atoms with E-state index in [9.17, 15) is 5.11 Å². The van der Waals surface area contributed by atoms with Crippen LogP contribution in [0.25, 0.3) is 0 Å². The number of phenols is 1. The van der Waals surface area contributed by atoms with Gasteiger partial charge in [-0.3, -0.25) is 0 Å². The molecule has 86 valence electrons. The Bertz CT molecular complexity index is 397. The van der Waals surface area contributed by atoms with Gasteiger partial charge in [-0.05, 0) is 25.0 Å². The minimum Gasteiger partial charge on any atom is -0.508 e. The molecule has 0 radical (unpaired) electrons. The Hall–Kier alpha value is -1.38. The van der Waals surface area contributed by atoms with E-state index < -0.39 is 0 Å². The number of anilines is 2. The highest BCUT2D eigenvalue weighted by Crippen LogP contribution is 2.39. The Labute approximate surface area is 95.9 Å². The molecule has 16 heavy (non-hydrogen) atoms. The van der Waals surface area contributed by atoms with Crippen molar-refractivity contribution in [2.75, 3.05) is 17.2 Å². The van der Waals surface area contributed by atoms with Gasteiger partial charge in [0.05, 0.1) is 16.9 Å². The number of hydrogen-bond donors (Lipinski definition) is 3. The monoisotopic (exact) mass is 218 g/mol. The highest BCUT2D eigenvalue weighted by atomic mass is 16.3. The lowest BCUT2D eigenvalue weighted by Gasteiger charge is -2.43. The molecule has 1 fully saturated rings. The maximum Gasteiger partial charge on any atom is 0.117 e. The Morgan fingerprint density at radius 1 is 1.06 bits per heavy atom. The van der Waals surface area contributed by atoms with Crippen LogP contribution < -0.4 is 10.6 Å². The first-order valence-corrected chi connectivity index (χ1v) is 6.13. The van der Waals surface area contributed by atoms with Crippen LogP contribution in [0.5, 0.6) is 5.75 Å². The largest absolute Gasteiger partial charge is 0.508 e. The fourth-order valence-corrected chi connectivity index (χ4v) is 2.91. The molecular formula is C13H18N2O. The van der Waals surface area contributed by atoms with Gasteiger partial charge in [0.15, 0.2) is 0 Å². The quantitative estimate of drug-likeness (QED) is 0.587. The first kappa shape index (κ1) is 9.82. The Kier molecular flexibility index (Phi) is 2.20. The van der Waals surface area contributed by atoms with E-state index in [1.165, 1.54) is 32.1 Å². The molecule has 2 aliphatic rings. The Morgan fingerprint density at radius 3 is 2.69 bits per heavy atom. The van der Waals surface area contributed by atoms with Crippen LogP contribution in [-0.2, 0) is 0 Å².